The minimum Gasteiger partial charge on any atom is -0.481 e. The molecule has 17 heavy (non-hydrogen) atoms. The Bertz CT molecular complexity index is 424. The number of carbonyl (C=O) groups excluding carboxylic acids is 1. The molecule has 92 valence electrons. The van der Waals surface area contributed by atoms with Gasteiger partial charge in [0.2, 0.25) is 0 Å². The normalized spacial score (nSPS) is 16.4. The van der Waals surface area contributed by atoms with Crippen LogP contribution in [0.25, 0.3) is 0 Å². The number of rotatable bonds is 4. The number of aryl methyl sites for hydroxylation is 2. The van der Waals surface area contributed by atoms with Crippen molar-refractivity contribution in [2.75, 3.05) is 0 Å². The summed E-state index contributed by atoms with van der Waals surface area (Å²) in [6, 6.07) is 6.35. The Morgan fingerprint density at radius 1 is 1.41 bits per heavy atom. The van der Waals surface area contributed by atoms with Gasteiger partial charge >= 0.3 is 0 Å². The zero-order valence-corrected chi connectivity index (χ0v) is 10.6. The number of hydrogen-bond acceptors (Lipinski definition) is 2. The van der Waals surface area contributed by atoms with Crippen LogP contribution < -0.4 is 10.1 Å². The first-order valence-corrected chi connectivity index (χ1v) is 6.10. The minimum atomic E-state index is -0.433. The molecule has 0 aliphatic heterocycles. The number of ether oxygens (including phenoxy) is 1. The van der Waals surface area contributed by atoms with Crippen molar-refractivity contribution in [1.29, 1.82) is 0 Å². The summed E-state index contributed by atoms with van der Waals surface area (Å²) in [5, 5.41) is 2.94. The summed E-state index contributed by atoms with van der Waals surface area (Å²) in [7, 11) is 0. The molecule has 1 atom stereocenters. The molecule has 0 saturated heterocycles. The monoisotopic (exact) mass is 233 g/mol. The van der Waals surface area contributed by atoms with Gasteiger partial charge in [-0.2, -0.15) is 0 Å². The number of carbonyl (C=O) groups is 1. The van der Waals surface area contributed by atoms with Gasteiger partial charge in [-0.25, -0.2) is 0 Å². The highest BCUT2D eigenvalue weighted by atomic mass is 16.5. The smallest absolute Gasteiger partial charge is 0.260 e. The summed E-state index contributed by atoms with van der Waals surface area (Å²) >= 11 is 0. The molecule has 1 aliphatic carbocycles. The molecule has 1 amide bonds. The zero-order valence-electron chi connectivity index (χ0n) is 10.6. The molecule has 1 saturated carbocycles. The second-order valence-electron chi connectivity index (χ2n) is 4.81. The van der Waals surface area contributed by atoms with Gasteiger partial charge in [0.25, 0.3) is 5.91 Å². The van der Waals surface area contributed by atoms with E-state index in [9.17, 15) is 4.79 Å². The highest BCUT2D eigenvalue weighted by molar-refractivity contribution is 5.81. The predicted molar refractivity (Wildman–Crippen MR) is 67.2 cm³/mol. The molecule has 1 aliphatic rings. The van der Waals surface area contributed by atoms with Crippen LogP contribution in [0.1, 0.15) is 30.9 Å². The van der Waals surface area contributed by atoms with Gasteiger partial charge in [-0.05, 0) is 45.2 Å². The molecule has 1 aromatic carbocycles. The summed E-state index contributed by atoms with van der Waals surface area (Å²) in [5.41, 5.74) is 2.26. The Balaban J connectivity index is 1.96. The van der Waals surface area contributed by atoms with Gasteiger partial charge in [0.05, 0.1) is 0 Å². The molecule has 3 heteroatoms. The second kappa shape index (κ2) is 4.78. The van der Waals surface area contributed by atoms with Crippen molar-refractivity contribution in [1.82, 2.24) is 5.32 Å². The molecule has 0 radical (unpaired) electrons. The molecule has 1 aromatic rings. The predicted octanol–water partition coefficient (Wildman–Crippen LogP) is 2.35. The molecule has 1 fully saturated rings. The Kier molecular flexibility index (Phi) is 3.36. The lowest BCUT2D eigenvalue weighted by atomic mass is 10.1. The summed E-state index contributed by atoms with van der Waals surface area (Å²) in [6.45, 7) is 5.82. The van der Waals surface area contributed by atoms with E-state index in [1.54, 1.807) is 6.92 Å². The largest absolute Gasteiger partial charge is 0.481 e. The third-order valence-corrected chi connectivity index (χ3v) is 2.93. The van der Waals surface area contributed by atoms with Crippen LogP contribution in [0, 0.1) is 13.8 Å². The van der Waals surface area contributed by atoms with E-state index in [4.69, 9.17) is 4.74 Å². The first-order valence-electron chi connectivity index (χ1n) is 6.10. The number of nitrogens with one attached hydrogen (secondary N) is 1. The van der Waals surface area contributed by atoms with E-state index >= 15 is 0 Å². The number of benzene rings is 1. The maximum atomic E-state index is 11.7. The van der Waals surface area contributed by atoms with Crippen LogP contribution in [0.3, 0.4) is 0 Å². The SMILES string of the molecule is Cc1ccc(OC(C)C(=O)NC2CC2)c(C)c1. The molecule has 0 bridgehead atoms. The van der Waals surface area contributed by atoms with Crippen LogP contribution in [0.15, 0.2) is 18.2 Å². The third-order valence-electron chi connectivity index (χ3n) is 2.93. The first kappa shape index (κ1) is 12.0. The summed E-state index contributed by atoms with van der Waals surface area (Å²) in [4.78, 5) is 11.7. The standard InChI is InChI=1S/C14H19NO2/c1-9-4-7-13(10(2)8-9)17-11(3)14(16)15-12-5-6-12/h4,7-8,11-12H,5-6H2,1-3H3,(H,15,16). The maximum Gasteiger partial charge on any atom is 0.260 e. The quantitative estimate of drug-likeness (QED) is 0.867. The van der Waals surface area contributed by atoms with Crippen LogP contribution >= 0.6 is 0 Å². The van der Waals surface area contributed by atoms with Crippen molar-refractivity contribution in [3.05, 3.63) is 29.3 Å². The topological polar surface area (TPSA) is 38.3 Å². The van der Waals surface area contributed by atoms with Crippen LogP contribution in [-0.2, 0) is 4.79 Å². The lowest BCUT2D eigenvalue weighted by Gasteiger charge is -2.16. The van der Waals surface area contributed by atoms with Gasteiger partial charge in [0, 0.05) is 6.04 Å². The fourth-order valence-corrected chi connectivity index (χ4v) is 1.72. The molecular weight excluding hydrogens is 214 g/mol. The molecular formula is C14H19NO2. The molecule has 2 rings (SSSR count). The lowest BCUT2D eigenvalue weighted by Crippen LogP contribution is -2.37. The van der Waals surface area contributed by atoms with Crippen LogP contribution in [-0.4, -0.2) is 18.1 Å². The summed E-state index contributed by atoms with van der Waals surface area (Å²) < 4.78 is 5.68. The maximum absolute atomic E-state index is 11.7. The van der Waals surface area contributed by atoms with Crippen LogP contribution in [0.4, 0.5) is 0 Å². The number of hydrogen-bond donors (Lipinski definition) is 1. The summed E-state index contributed by atoms with van der Waals surface area (Å²) in [6.07, 6.45) is 1.77. The molecule has 1 N–H and O–H groups in total. The highest BCUT2D eigenvalue weighted by Crippen LogP contribution is 2.21. The van der Waals surface area contributed by atoms with Gasteiger partial charge < -0.3 is 10.1 Å². The van der Waals surface area contributed by atoms with Gasteiger partial charge in [-0.3, -0.25) is 4.79 Å². The summed E-state index contributed by atoms with van der Waals surface area (Å²) in [5.74, 6) is 0.765. The third kappa shape index (κ3) is 3.22. The fraction of sp³-hybridized carbons (Fsp3) is 0.500. The first-order chi connectivity index (χ1) is 8.06. The van der Waals surface area contributed by atoms with Gasteiger partial charge in [-0.1, -0.05) is 17.7 Å². The van der Waals surface area contributed by atoms with E-state index in [-0.39, 0.29) is 5.91 Å². The Hall–Kier alpha value is -1.51. The van der Waals surface area contributed by atoms with E-state index in [1.165, 1.54) is 5.56 Å². The van der Waals surface area contributed by atoms with Crippen molar-refractivity contribution < 1.29 is 9.53 Å². The van der Waals surface area contributed by atoms with Gasteiger partial charge in [0.15, 0.2) is 6.10 Å². The number of amides is 1. The highest BCUT2D eigenvalue weighted by Gasteiger charge is 2.26. The molecule has 1 unspecified atom stereocenters. The van der Waals surface area contributed by atoms with Gasteiger partial charge in [0.1, 0.15) is 5.75 Å². The van der Waals surface area contributed by atoms with E-state index in [0.29, 0.717) is 6.04 Å². The van der Waals surface area contributed by atoms with E-state index in [0.717, 1.165) is 24.2 Å². The van der Waals surface area contributed by atoms with Crippen molar-refractivity contribution in [2.24, 2.45) is 0 Å². The Morgan fingerprint density at radius 3 is 2.71 bits per heavy atom. The fourth-order valence-electron chi connectivity index (χ4n) is 1.72. The average molecular weight is 233 g/mol. The van der Waals surface area contributed by atoms with Crippen molar-refractivity contribution in [2.45, 2.75) is 45.8 Å². The molecule has 0 heterocycles. The molecule has 0 aromatic heterocycles. The van der Waals surface area contributed by atoms with E-state index < -0.39 is 6.10 Å². The second-order valence-corrected chi connectivity index (χ2v) is 4.81. The van der Waals surface area contributed by atoms with Crippen molar-refractivity contribution >= 4 is 5.91 Å². The van der Waals surface area contributed by atoms with Crippen molar-refractivity contribution in [3.8, 4) is 5.75 Å². The molecule has 0 spiro atoms. The molecule has 3 nitrogen and oxygen atoms in total. The van der Waals surface area contributed by atoms with E-state index in [2.05, 4.69) is 11.4 Å². The van der Waals surface area contributed by atoms with Crippen molar-refractivity contribution in [3.63, 3.8) is 0 Å². The van der Waals surface area contributed by atoms with E-state index in [1.807, 2.05) is 26.0 Å². The Morgan fingerprint density at radius 2 is 2.12 bits per heavy atom. The lowest BCUT2D eigenvalue weighted by molar-refractivity contribution is -0.127. The minimum absolute atomic E-state index is 0.0209. The van der Waals surface area contributed by atoms with Gasteiger partial charge in [-0.15, -0.1) is 0 Å². The van der Waals surface area contributed by atoms with Crippen LogP contribution in [0.5, 0.6) is 5.75 Å². The van der Waals surface area contributed by atoms with Crippen LogP contribution in [0.2, 0.25) is 0 Å². The zero-order chi connectivity index (χ0) is 12.4. The average Bonchev–Trinajstić information content (AvgIpc) is 3.06. The Labute approximate surface area is 102 Å².